The molecule has 0 aliphatic carbocycles. The fraction of sp³-hybridized carbons (Fsp3) is 0.500. The largest absolute Gasteiger partial charge is 0.490 e. The van der Waals surface area contributed by atoms with Crippen LogP contribution in [0.5, 0.6) is 11.5 Å². The Labute approximate surface area is 117 Å². The summed E-state index contributed by atoms with van der Waals surface area (Å²) in [5.74, 6) is 1.33. The predicted octanol–water partition coefficient (Wildman–Crippen LogP) is 1.84. The average molecular weight is 281 g/mol. The molecule has 0 aromatic heterocycles. The minimum absolute atomic E-state index is 0.255. The molecule has 20 heavy (non-hydrogen) atoms. The Hall–Kier alpha value is -1.95. The van der Waals surface area contributed by atoms with Crippen LogP contribution < -0.4 is 9.47 Å². The van der Waals surface area contributed by atoms with Crippen LogP contribution in [-0.2, 0) is 4.74 Å². The van der Waals surface area contributed by atoms with Gasteiger partial charge in [0.1, 0.15) is 12.7 Å². The number of carbonyl (C=O) groups is 1. The van der Waals surface area contributed by atoms with Crippen molar-refractivity contribution in [3.8, 4) is 11.5 Å². The van der Waals surface area contributed by atoms with Crippen molar-refractivity contribution in [2.75, 3.05) is 32.9 Å². The molecule has 1 aromatic rings. The van der Waals surface area contributed by atoms with Crippen LogP contribution >= 0.6 is 0 Å². The molecular weight excluding hydrogens is 262 g/mol. The third-order valence-corrected chi connectivity index (χ3v) is 2.98. The lowest BCUT2D eigenvalue weighted by Gasteiger charge is -2.30. The molecule has 2 rings (SSSR count). The zero-order valence-electron chi connectivity index (χ0n) is 11.4. The highest BCUT2D eigenvalue weighted by Gasteiger charge is 2.24. The fourth-order valence-corrected chi connectivity index (χ4v) is 2.02. The van der Waals surface area contributed by atoms with Gasteiger partial charge in [-0.05, 0) is 19.1 Å². The molecular formula is C14H19NO5. The van der Waals surface area contributed by atoms with E-state index in [0.29, 0.717) is 44.4 Å². The molecule has 1 fully saturated rings. The Morgan fingerprint density at radius 3 is 2.75 bits per heavy atom. The van der Waals surface area contributed by atoms with E-state index in [2.05, 4.69) is 0 Å². The number of carboxylic acid groups (broad SMARTS) is 1. The van der Waals surface area contributed by atoms with E-state index in [1.165, 1.54) is 4.90 Å². The Balaban J connectivity index is 1.90. The smallest absolute Gasteiger partial charge is 0.407 e. The number of amides is 1. The summed E-state index contributed by atoms with van der Waals surface area (Å²) < 4.78 is 16.7. The number of nitrogens with zero attached hydrogens (tertiary/aromatic N) is 1. The first-order valence-corrected chi connectivity index (χ1v) is 6.64. The van der Waals surface area contributed by atoms with Gasteiger partial charge in [-0.2, -0.15) is 0 Å². The van der Waals surface area contributed by atoms with E-state index in [-0.39, 0.29) is 6.10 Å². The number of para-hydroxylation sites is 2. The number of rotatable bonds is 5. The first kappa shape index (κ1) is 14.5. The molecule has 0 saturated carbocycles. The Morgan fingerprint density at radius 1 is 1.40 bits per heavy atom. The van der Waals surface area contributed by atoms with Crippen LogP contribution in [0.4, 0.5) is 4.79 Å². The summed E-state index contributed by atoms with van der Waals surface area (Å²) in [7, 11) is 0. The van der Waals surface area contributed by atoms with Crippen molar-refractivity contribution in [2.45, 2.75) is 13.0 Å². The van der Waals surface area contributed by atoms with Crippen LogP contribution in [0.1, 0.15) is 6.92 Å². The number of benzene rings is 1. The van der Waals surface area contributed by atoms with Gasteiger partial charge in [0.05, 0.1) is 19.8 Å². The first-order valence-electron chi connectivity index (χ1n) is 6.64. The van der Waals surface area contributed by atoms with E-state index in [4.69, 9.17) is 19.3 Å². The highest BCUT2D eigenvalue weighted by Crippen LogP contribution is 2.26. The average Bonchev–Trinajstić information content (AvgIpc) is 2.47. The molecule has 1 N–H and O–H groups in total. The lowest BCUT2D eigenvalue weighted by Crippen LogP contribution is -2.47. The predicted molar refractivity (Wildman–Crippen MR) is 72.4 cm³/mol. The van der Waals surface area contributed by atoms with E-state index < -0.39 is 6.09 Å². The molecule has 1 aromatic carbocycles. The third kappa shape index (κ3) is 3.77. The summed E-state index contributed by atoms with van der Waals surface area (Å²) in [6, 6.07) is 7.40. The van der Waals surface area contributed by atoms with Gasteiger partial charge in [-0.3, -0.25) is 0 Å². The van der Waals surface area contributed by atoms with E-state index in [9.17, 15) is 4.79 Å². The van der Waals surface area contributed by atoms with Crippen molar-refractivity contribution in [1.82, 2.24) is 4.90 Å². The molecule has 0 radical (unpaired) electrons. The second-order valence-electron chi connectivity index (χ2n) is 4.41. The van der Waals surface area contributed by atoms with Gasteiger partial charge < -0.3 is 24.2 Å². The number of hydrogen-bond acceptors (Lipinski definition) is 4. The minimum Gasteiger partial charge on any atom is -0.490 e. The Morgan fingerprint density at radius 2 is 2.10 bits per heavy atom. The highest BCUT2D eigenvalue weighted by molar-refractivity contribution is 5.65. The molecule has 1 aliphatic rings. The zero-order valence-corrected chi connectivity index (χ0v) is 11.4. The molecule has 0 bridgehead atoms. The van der Waals surface area contributed by atoms with Crippen molar-refractivity contribution in [2.24, 2.45) is 0 Å². The van der Waals surface area contributed by atoms with E-state index >= 15 is 0 Å². The molecule has 6 heteroatoms. The van der Waals surface area contributed by atoms with Crippen molar-refractivity contribution in [3.05, 3.63) is 24.3 Å². The Kier molecular flexibility index (Phi) is 5.06. The van der Waals surface area contributed by atoms with Gasteiger partial charge in [0.25, 0.3) is 0 Å². The molecule has 6 nitrogen and oxygen atoms in total. The molecule has 1 unspecified atom stereocenters. The second-order valence-corrected chi connectivity index (χ2v) is 4.41. The number of morpholine rings is 1. The lowest BCUT2D eigenvalue weighted by molar-refractivity contribution is -0.0415. The normalized spacial score (nSPS) is 18.6. The third-order valence-electron chi connectivity index (χ3n) is 2.98. The van der Waals surface area contributed by atoms with Crippen LogP contribution in [0, 0.1) is 0 Å². The van der Waals surface area contributed by atoms with Crippen LogP contribution in [-0.4, -0.2) is 55.1 Å². The molecule has 1 aliphatic heterocycles. The maximum absolute atomic E-state index is 10.9. The molecule has 0 spiro atoms. The van der Waals surface area contributed by atoms with Gasteiger partial charge in [0.2, 0.25) is 0 Å². The van der Waals surface area contributed by atoms with Gasteiger partial charge in [0, 0.05) is 6.54 Å². The molecule has 1 heterocycles. The molecule has 1 atom stereocenters. The topological polar surface area (TPSA) is 68.2 Å². The van der Waals surface area contributed by atoms with Crippen molar-refractivity contribution >= 4 is 6.09 Å². The SMILES string of the molecule is CCOc1ccccc1OCC1CN(C(=O)O)CCO1. The molecule has 110 valence electrons. The van der Waals surface area contributed by atoms with Gasteiger partial charge in [0.15, 0.2) is 11.5 Å². The van der Waals surface area contributed by atoms with Crippen LogP contribution in [0.15, 0.2) is 24.3 Å². The molecule has 1 saturated heterocycles. The van der Waals surface area contributed by atoms with Crippen molar-refractivity contribution in [3.63, 3.8) is 0 Å². The summed E-state index contributed by atoms with van der Waals surface area (Å²) in [5.41, 5.74) is 0. The van der Waals surface area contributed by atoms with E-state index in [0.717, 1.165) is 0 Å². The maximum atomic E-state index is 10.9. The molecule has 1 amide bonds. The standard InChI is InChI=1S/C14H19NO5/c1-2-18-12-5-3-4-6-13(12)20-10-11-9-15(14(16)17)7-8-19-11/h3-6,11H,2,7-10H2,1H3,(H,16,17). The van der Waals surface area contributed by atoms with Crippen LogP contribution in [0.3, 0.4) is 0 Å². The quantitative estimate of drug-likeness (QED) is 0.892. The van der Waals surface area contributed by atoms with Gasteiger partial charge in [-0.15, -0.1) is 0 Å². The fourth-order valence-electron chi connectivity index (χ4n) is 2.02. The summed E-state index contributed by atoms with van der Waals surface area (Å²) in [4.78, 5) is 12.3. The summed E-state index contributed by atoms with van der Waals surface area (Å²) >= 11 is 0. The van der Waals surface area contributed by atoms with Crippen molar-refractivity contribution < 1.29 is 24.1 Å². The van der Waals surface area contributed by atoms with Gasteiger partial charge in [-0.25, -0.2) is 4.79 Å². The summed E-state index contributed by atoms with van der Waals surface area (Å²) in [6.45, 7) is 3.90. The van der Waals surface area contributed by atoms with Crippen LogP contribution in [0.2, 0.25) is 0 Å². The lowest BCUT2D eigenvalue weighted by atomic mass is 10.3. The zero-order chi connectivity index (χ0) is 14.4. The van der Waals surface area contributed by atoms with Gasteiger partial charge >= 0.3 is 6.09 Å². The highest BCUT2D eigenvalue weighted by atomic mass is 16.5. The minimum atomic E-state index is -0.923. The Bertz CT molecular complexity index is 451. The van der Waals surface area contributed by atoms with Crippen LogP contribution in [0.25, 0.3) is 0 Å². The first-order chi connectivity index (χ1) is 9.70. The monoisotopic (exact) mass is 281 g/mol. The van der Waals surface area contributed by atoms with Gasteiger partial charge in [-0.1, -0.05) is 12.1 Å². The summed E-state index contributed by atoms with van der Waals surface area (Å²) in [5, 5.41) is 8.96. The summed E-state index contributed by atoms with van der Waals surface area (Å²) in [6.07, 6.45) is -1.18. The van der Waals surface area contributed by atoms with E-state index in [1.54, 1.807) is 0 Å². The maximum Gasteiger partial charge on any atom is 0.407 e. The number of ether oxygens (including phenoxy) is 3. The van der Waals surface area contributed by atoms with E-state index in [1.807, 2.05) is 31.2 Å². The second kappa shape index (κ2) is 7.00. The number of hydrogen-bond donors (Lipinski definition) is 1. The van der Waals surface area contributed by atoms with Crippen molar-refractivity contribution in [1.29, 1.82) is 0 Å².